The van der Waals surface area contributed by atoms with E-state index in [1.54, 1.807) is 4.90 Å². The first-order valence-electron chi connectivity index (χ1n) is 10.7. The molecule has 1 aliphatic rings. The van der Waals surface area contributed by atoms with E-state index in [-0.39, 0.29) is 24.4 Å². The van der Waals surface area contributed by atoms with E-state index in [9.17, 15) is 14.0 Å². The van der Waals surface area contributed by atoms with E-state index in [4.69, 9.17) is 4.74 Å². The van der Waals surface area contributed by atoms with Crippen molar-refractivity contribution in [2.24, 2.45) is 5.92 Å². The summed E-state index contributed by atoms with van der Waals surface area (Å²) in [5.74, 6) is 0.974. The third-order valence-corrected chi connectivity index (χ3v) is 5.50. The van der Waals surface area contributed by atoms with Gasteiger partial charge in [0.15, 0.2) is 6.61 Å². The van der Waals surface area contributed by atoms with Crippen LogP contribution in [0.5, 0.6) is 5.75 Å². The predicted molar refractivity (Wildman–Crippen MR) is 119 cm³/mol. The van der Waals surface area contributed by atoms with Gasteiger partial charge in [0.05, 0.1) is 0 Å². The summed E-state index contributed by atoms with van der Waals surface area (Å²) in [6, 6.07) is 13.3. The minimum Gasteiger partial charge on any atom is -0.484 e. The number of hydrogen-bond donors (Lipinski definition) is 2. The van der Waals surface area contributed by atoms with E-state index >= 15 is 0 Å². The number of anilines is 1. The van der Waals surface area contributed by atoms with E-state index in [0.29, 0.717) is 42.9 Å². The third-order valence-electron chi connectivity index (χ3n) is 5.50. The maximum absolute atomic E-state index is 13.0. The first-order chi connectivity index (χ1) is 14.9. The molecule has 31 heavy (non-hydrogen) atoms. The number of nitrogens with zero attached hydrogens (tertiary/aromatic N) is 1. The number of urea groups is 1. The maximum Gasteiger partial charge on any atom is 0.321 e. The van der Waals surface area contributed by atoms with Crippen molar-refractivity contribution in [3.8, 4) is 5.75 Å². The molecule has 1 aliphatic heterocycles. The highest BCUT2D eigenvalue weighted by Gasteiger charge is 2.23. The Morgan fingerprint density at radius 2 is 1.71 bits per heavy atom. The van der Waals surface area contributed by atoms with Crippen LogP contribution in [0, 0.1) is 11.7 Å². The number of ether oxygens (including phenoxy) is 1. The Hall–Kier alpha value is -3.09. The molecule has 0 aromatic heterocycles. The summed E-state index contributed by atoms with van der Waals surface area (Å²) >= 11 is 0. The van der Waals surface area contributed by atoms with E-state index in [2.05, 4.69) is 24.5 Å². The minimum absolute atomic E-state index is 0.0139. The topological polar surface area (TPSA) is 70.7 Å². The van der Waals surface area contributed by atoms with Crippen LogP contribution in [-0.4, -0.2) is 43.1 Å². The molecule has 166 valence electrons. The molecular weight excluding hydrogens is 397 g/mol. The largest absolute Gasteiger partial charge is 0.484 e. The van der Waals surface area contributed by atoms with Crippen molar-refractivity contribution in [3.05, 3.63) is 59.9 Å². The molecular formula is C24H30FN3O3. The second-order valence-electron chi connectivity index (χ2n) is 8.18. The van der Waals surface area contributed by atoms with Crippen LogP contribution in [0.15, 0.2) is 48.5 Å². The van der Waals surface area contributed by atoms with Crippen LogP contribution in [0.4, 0.5) is 14.9 Å². The lowest BCUT2D eigenvalue weighted by Crippen LogP contribution is -2.43. The monoisotopic (exact) mass is 427 g/mol. The fourth-order valence-corrected chi connectivity index (χ4v) is 3.48. The van der Waals surface area contributed by atoms with Gasteiger partial charge in [0, 0.05) is 25.3 Å². The van der Waals surface area contributed by atoms with Crippen LogP contribution >= 0.6 is 0 Å². The first-order valence-corrected chi connectivity index (χ1v) is 10.7. The molecule has 0 atom stereocenters. The van der Waals surface area contributed by atoms with Gasteiger partial charge in [-0.15, -0.1) is 0 Å². The summed E-state index contributed by atoms with van der Waals surface area (Å²) in [6.07, 6.45) is 1.63. The van der Waals surface area contributed by atoms with Crippen molar-refractivity contribution in [1.29, 1.82) is 0 Å². The normalized spacial score (nSPS) is 14.4. The van der Waals surface area contributed by atoms with E-state index in [0.717, 1.165) is 12.8 Å². The quantitative estimate of drug-likeness (QED) is 0.689. The lowest BCUT2D eigenvalue weighted by Gasteiger charge is -2.32. The second kappa shape index (κ2) is 10.8. The van der Waals surface area contributed by atoms with E-state index in [1.165, 1.54) is 29.8 Å². The van der Waals surface area contributed by atoms with Crippen LogP contribution in [0.2, 0.25) is 0 Å². The smallest absolute Gasteiger partial charge is 0.321 e. The number of piperidine rings is 1. The van der Waals surface area contributed by atoms with E-state index < -0.39 is 0 Å². The summed E-state index contributed by atoms with van der Waals surface area (Å²) in [5, 5.41) is 5.70. The Labute approximate surface area is 182 Å². The second-order valence-corrected chi connectivity index (χ2v) is 8.18. The van der Waals surface area contributed by atoms with Crippen LogP contribution in [-0.2, 0) is 4.79 Å². The molecule has 0 saturated carbocycles. The van der Waals surface area contributed by atoms with Gasteiger partial charge in [-0.1, -0.05) is 26.0 Å². The molecule has 0 spiro atoms. The van der Waals surface area contributed by atoms with Crippen molar-refractivity contribution < 1.29 is 18.7 Å². The van der Waals surface area contributed by atoms with Gasteiger partial charge in [-0.3, -0.25) is 4.79 Å². The zero-order valence-corrected chi connectivity index (χ0v) is 18.1. The van der Waals surface area contributed by atoms with E-state index in [1.807, 2.05) is 24.3 Å². The molecule has 0 aliphatic carbocycles. The average molecular weight is 428 g/mol. The number of amides is 3. The fourth-order valence-electron chi connectivity index (χ4n) is 3.48. The van der Waals surface area contributed by atoms with Gasteiger partial charge < -0.3 is 20.3 Å². The number of halogens is 1. The van der Waals surface area contributed by atoms with Crippen molar-refractivity contribution >= 4 is 17.6 Å². The lowest BCUT2D eigenvalue weighted by atomic mass is 9.97. The van der Waals surface area contributed by atoms with Gasteiger partial charge in [-0.05, 0) is 66.6 Å². The molecule has 0 unspecified atom stereocenters. The number of carbonyl (C=O) groups excluding carboxylic acids is 2. The highest BCUT2D eigenvalue weighted by Crippen LogP contribution is 2.19. The van der Waals surface area contributed by atoms with Crippen molar-refractivity contribution in [3.63, 3.8) is 0 Å². The number of nitrogens with one attached hydrogen (secondary N) is 2. The minimum atomic E-state index is -0.338. The zero-order chi connectivity index (χ0) is 22.2. The Morgan fingerprint density at radius 1 is 1.06 bits per heavy atom. The molecule has 2 N–H and O–H groups in total. The molecule has 7 heteroatoms. The summed E-state index contributed by atoms with van der Waals surface area (Å²) in [6.45, 7) is 6.05. The SMILES string of the molecule is CC(C)c1ccc(OCC(=O)NCC2CCN(C(=O)Nc3ccc(F)cc3)CC2)cc1. The standard InChI is InChI=1S/C24H30FN3O3/c1-17(2)19-3-9-22(10-4-19)31-16-23(29)26-15-18-11-13-28(14-12-18)24(30)27-21-7-5-20(25)6-8-21/h3-10,17-18H,11-16H2,1-2H3,(H,26,29)(H,27,30). The number of benzene rings is 2. The Morgan fingerprint density at radius 3 is 2.32 bits per heavy atom. The summed E-state index contributed by atoms with van der Waals surface area (Å²) in [4.78, 5) is 26.2. The average Bonchev–Trinajstić information content (AvgIpc) is 2.78. The van der Waals surface area contributed by atoms with Gasteiger partial charge >= 0.3 is 6.03 Å². The fraction of sp³-hybridized carbons (Fsp3) is 0.417. The third kappa shape index (κ3) is 6.98. The number of hydrogen-bond acceptors (Lipinski definition) is 3. The summed E-state index contributed by atoms with van der Waals surface area (Å²) in [5.41, 5.74) is 1.80. The van der Waals surface area contributed by atoms with Crippen LogP contribution in [0.25, 0.3) is 0 Å². The molecule has 3 rings (SSSR count). The van der Waals surface area contributed by atoms with Crippen molar-refractivity contribution in [2.75, 3.05) is 31.6 Å². The lowest BCUT2D eigenvalue weighted by molar-refractivity contribution is -0.123. The van der Waals surface area contributed by atoms with Crippen LogP contribution in [0.3, 0.4) is 0 Å². The molecule has 1 fully saturated rings. The van der Waals surface area contributed by atoms with Crippen LogP contribution in [0.1, 0.15) is 38.2 Å². The van der Waals surface area contributed by atoms with Crippen molar-refractivity contribution in [2.45, 2.75) is 32.6 Å². The Balaban J connectivity index is 1.33. The Bertz CT molecular complexity index is 861. The maximum atomic E-state index is 13.0. The van der Waals surface area contributed by atoms with Gasteiger partial charge in [0.1, 0.15) is 11.6 Å². The highest BCUT2D eigenvalue weighted by atomic mass is 19.1. The van der Waals surface area contributed by atoms with Gasteiger partial charge in [0.2, 0.25) is 0 Å². The zero-order valence-electron chi connectivity index (χ0n) is 18.1. The predicted octanol–water partition coefficient (Wildman–Crippen LogP) is 4.39. The highest BCUT2D eigenvalue weighted by molar-refractivity contribution is 5.89. The molecule has 0 radical (unpaired) electrons. The number of carbonyl (C=O) groups is 2. The molecule has 6 nitrogen and oxygen atoms in total. The number of rotatable bonds is 7. The van der Waals surface area contributed by atoms with Gasteiger partial charge in [0.25, 0.3) is 5.91 Å². The number of likely N-dealkylation sites (tertiary alicyclic amines) is 1. The first kappa shape index (κ1) is 22.6. The summed E-state index contributed by atoms with van der Waals surface area (Å²) < 4.78 is 18.5. The summed E-state index contributed by atoms with van der Waals surface area (Å²) in [7, 11) is 0. The van der Waals surface area contributed by atoms with Gasteiger partial charge in [-0.25, -0.2) is 9.18 Å². The van der Waals surface area contributed by atoms with Crippen LogP contribution < -0.4 is 15.4 Å². The molecule has 2 aromatic carbocycles. The molecule has 2 aromatic rings. The molecule has 1 heterocycles. The molecule has 1 saturated heterocycles. The Kier molecular flexibility index (Phi) is 7.87. The molecule has 3 amide bonds. The van der Waals surface area contributed by atoms with Gasteiger partial charge in [-0.2, -0.15) is 0 Å². The van der Waals surface area contributed by atoms with Crippen molar-refractivity contribution in [1.82, 2.24) is 10.2 Å². The molecule has 0 bridgehead atoms.